The summed E-state index contributed by atoms with van der Waals surface area (Å²) in [6, 6.07) is 12.3. The van der Waals surface area contributed by atoms with Crippen molar-refractivity contribution in [3.63, 3.8) is 0 Å². The van der Waals surface area contributed by atoms with Crippen LogP contribution in [0.15, 0.2) is 53.5 Å². The van der Waals surface area contributed by atoms with Crippen molar-refractivity contribution in [3.8, 4) is 0 Å². The number of amides is 2. The van der Waals surface area contributed by atoms with Crippen molar-refractivity contribution in [1.82, 2.24) is 9.88 Å². The van der Waals surface area contributed by atoms with Crippen LogP contribution in [0.2, 0.25) is 0 Å². The predicted octanol–water partition coefficient (Wildman–Crippen LogP) is 2.20. The zero-order valence-electron chi connectivity index (χ0n) is 13.6. The number of aromatic nitrogens is 1. The van der Waals surface area contributed by atoms with Gasteiger partial charge in [0, 0.05) is 24.6 Å². The van der Waals surface area contributed by atoms with E-state index in [0.717, 1.165) is 12.0 Å². The van der Waals surface area contributed by atoms with Gasteiger partial charge >= 0.3 is 6.03 Å². The molecule has 0 spiro atoms. The van der Waals surface area contributed by atoms with Crippen molar-refractivity contribution in [2.75, 3.05) is 18.5 Å². The fourth-order valence-electron chi connectivity index (χ4n) is 2.68. The van der Waals surface area contributed by atoms with Gasteiger partial charge in [-0.15, -0.1) is 0 Å². The largest absolute Gasteiger partial charge is 0.379 e. The van der Waals surface area contributed by atoms with Gasteiger partial charge in [0.25, 0.3) is 5.56 Å². The first-order chi connectivity index (χ1) is 11.5. The zero-order valence-corrected chi connectivity index (χ0v) is 13.6. The maximum atomic E-state index is 12.1. The maximum Gasteiger partial charge on any atom is 0.319 e. The molecule has 6 nitrogen and oxygen atoms in total. The lowest BCUT2D eigenvalue weighted by molar-refractivity contribution is 0.172. The average molecular weight is 327 g/mol. The Morgan fingerprint density at radius 1 is 1.25 bits per heavy atom. The third-order valence-corrected chi connectivity index (χ3v) is 4.10. The van der Waals surface area contributed by atoms with E-state index >= 15 is 0 Å². The van der Waals surface area contributed by atoms with Gasteiger partial charge in [-0.25, -0.2) is 4.79 Å². The van der Waals surface area contributed by atoms with Crippen LogP contribution < -0.4 is 16.2 Å². The minimum absolute atomic E-state index is 0.0360. The quantitative estimate of drug-likeness (QED) is 0.904. The molecule has 2 aromatic rings. The summed E-state index contributed by atoms with van der Waals surface area (Å²) >= 11 is 0. The topological polar surface area (TPSA) is 72.4 Å². The zero-order chi connectivity index (χ0) is 17.0. The van der Waals surface area contributed by atoms with Gasteiger partial charge in [0.15, 0.2) is 0 Å². The first-order valence-corrected chi connectivity index (χ1v) is 7.95. The number of benzene rings is 1. The van der Waals surface area contributed by atoms with Crippen LogP contribution in [0.3, 0.4) is 0 Å². The Kier molecular flexibility index (Phi) is 4.66. The van der Waals surface area contributed by atoms with E-state index in [1.165, 1.54) is 6.07 Å². The highest BCUT2D eigenvalue weighted by Crippen LogP contribution is 2.18. The van der Waals surface area contributed by atoms with Crippen molar-refractivity contribution in [2.24, 2.45) is 0 Å². The highest BCUT2D eigenvalue weighted by molar-refractivity contribution is 5.89. The third-order valence-electron chi connectivity index (χ3n) is 4.10. The second-order valence-electron chi connectivity index (χ2n) is 6.31. The number of hydrogen-bond donors (Lipinski definition) is 2. The highest BCUT2D eigenvalue weighted by atomic mass is 16.5. The average Bonchev–Trinajstić information content (AvgIpc) is 2.97. The summed E-state index contributed by atoms with van der Waals surface area (Å²) < 4.78 is 6.96. The number of nitrogens with zero attached hydrogens (tertiary/aromatic N) is 1. The lowest BCUT2D eigenvalue weighted by atomic mass is 10.0. The lowest BCUT2D eigenvalue weighted by Gasteiger charge is -2.23. The third kappa shape index (κ3) is 4.02. The Bertz CT molecular complexity index is 762. The van der Waals surface area contributed by atoms with E-state index in [-0.39, 0.29) is 17.1 Å². The minimum atomic E-state index is -0.307. The fourth-order valence-corrected chi connectivity index (χ4v) is 2.68. The molecule has 2 amide bonds. The molecule has 1 fully saturated rings. The van der Waals surface area contributed by atoms with Gasteiger partial charge in [0.2, 0.25) is 0 Å². The van der Waals surface area contributed by atoms with Gasteiger partial charge in [-0.1, -0.05) is 18.2 Å². The van der Waals surface area contributed by atoms with Crippen LogP contribution in [-0.4, -0.2) is 29.4 Å². The molecule has 0 radical (unpaired) electrons. The van der Waals surface area contributed by atoms with Crippen LogP contribution in [-0.2, 0) is 11.3 Å². The van der Waals surface area contributed by atoms with Gasteiger partial charge < -0.3 is 19.9 Å². The number of nitrogens with one attached hydrogen (secondary N) is 2. The molecule has 2 N–H and O–H groups in total. The molecule has 1 aliphatic rings. The molecule has 24 heavy (non-hydrogen) atoms. The first kappa shape index (κ1) is 16.3. The highest BCUT2D eigenvalue weighted by Gasteiger charge is 2.31. The van der Waals surface area contributed by atoms with Gasteiger partial charge in [-0.05, 0) is 37.1 Å². The Morgan fingerprint density at radius 2 is 2.04 bits per heavy atom. The van der Waals surface area contributed by atoms with Gasteiger partial charge in [0.1, 0.15) is 0 Å². The van der Waals surface area contributed by atoms with E-state index in [1.807, 2.05) is 37.3 Å². The van der Waals surface area contributed by atoms with Crippen LogP contribution in [0.25, 0.3) is 0 Å². The van der Waals surface area contributed by atoms with Crippen LogP contribution in [0.5, 0.6) is 0 Å². The van der Waals surface area contributed by atoms with Crippen LogP contribution in [0.4, 0.5) is 10.5 Å². The molecular weight excluding hydrogens is 306 g/mol. The standard InChI is InChI=1S/C18H21N3O3/c1-18(9-11-24-13-18)20-17(23)19-15-7-5-14(6-8-15)12-21-10-3-2-4-16(21)22/h2-8,10H,9,11-13H2,1H3,(H2,19,20,23). The fraction of sp³-hybridized carbons (Fsp3) is 0.333. The number of hydrogen-bond acceptors (Lipinski definition) is 3. The Labute approximate surface area is 140 Å². The molecule has 0 bridgehead atoms. The van der Waals surface area contributed by atoms with E-state index in [2.05, 4.69) is 10.6 Å². The monoisotopic (exact) mass is 327 g/mol. The van der Waals surface area contributed by atoms with Crippen LogP contribution in [0.1, 0.15) is 18.9 Å². The molecule has 0 aliphatic carbocycles. The van der Waals surface area contributed by atoms with Crippen molar-refractivity contribution in [1.29, 1.82) is 0 Å². The molecule has 1 aromatic heterocycles. The number of ether oxygens (including phenoxy) is 1. The van der Waals surface area contributed by atoms with Crippen molar-refractivity contribution >= 4 is 11.7 Å². The molecular formula is C18H21N3O3. The van der Waals surface area contributed by atoms with Gasteiger partial charge in [-0.2, -0.15) is 0 Å². The van der Waals surface area contributed by atoms with E-state index in [1.54, 1.807) is 16.8 Å². The second kappa shape index (κ2) is 6.88. The molecule has 3 rings (SSSR count). The number of rotatable bonds is 4. The van der Waals surface area contributed by atoms with Crippen LogP contribution >= 0.6 is 0 Å². The summed E-state index contributed by atoms with van der Waals surface area (Å²) in [5, 5.41) is 5.77. The number of anilines is 1. The molecule has 6 heteroatoms. The Hall–Kier alpha value is -2.60. The summed E-state index contributed by atoms with van der Waals surface area (Å²) in [5.74, 6) is 0. The summed E-state index contributed by atoms with van der Waals surface area (Å²) in [6.07, 6.45) is 2.57. The number of carbonyl (C=O) groups is 1. The van der Waals surface area contributed by atoms with Crippen molar-refractivity contribution < 1.29 is 9.53 Å². The SMILES string of the molecule is CC1(NC(=O)Nc2ccc(Cn3ccccc3=O)cc2)CCOC1. The van der Waals surface area contributed by atoms with E-state index in [4.69, 9.17) is 4.74 Å². The minimum Gasteiger partial charge on any atom is -0.379 e. The van der Waals surface area contributed by atoms with Crippen molar-refractivity contribution in [2.45, 2.75) is 25.4 Å². The normalized spacial score (nSPS) is 19.9. The van der Waals surface area contributed by atoms with E-state index in [0.29, 0.717) is 25.4 Å². The molecule has 2 heterocycles. The van der Waals surface area contributed by atoms with E-state index in [9.17, 15) is 9.59 Å². The van der Waals surface area contributed by atoms with Crippen LogP contribution in [0, 0.1) is 0 Å². The Balaban J connectivity index is 1.59. The Morgan fingerprint density at radius 3 is 2.71 bits per heavy atom. The maximum absolute atomic E-state index is 12.1. The molecule has 1 aliphatic heterocycles. The predicted molar refractivity (Wildman–Crippen MR) is 92.2 cm³/mol. The first-order valence-electron chi connectivity index (χ1n) is 7.95. The summed E-state index contributed by atoms with van der Waals surface area (Å²) in [7, 11) is 0. The smallest absolute Gasteiger partial charge is 0.319 e. The summed E-state index contributed by atoms with van der Waals surface area (Å²) in [5.41, 5.74) is 1.36. The van der Waals surface area contributed by atoms with Gasteiger partial charge in [0.05, 0.1) is 18.7 Å². The number of urea groups is 1. The lowest BCUT2D eigenvalue weighted by Crippen LogP contribution is -2.48. The van der Waals surface area contributed by atoms with Gasteiger partial charge in [-0.3, -0.25) is 4.79 Å². The summed E-state index contributed by atoms with van der Waals surface area (Å²) in [4.78, 5) is 23.8. The number of carbonyl (C=O) groups excluding carboxylic acids is 1. The molecule has 1 aromatic carbocycles. The molecule has 126 valence electrons. The second-order valence-corrected chi connectivity index (χ2v) is 6.31. The number of pyridine rings is 1. The molecule has 0 saturated carbocycles. The van der Waals surface area contributed by atoms with Crippen molar-refractivity contribution in [3.05, 3.63) is 64.6 Å². The summed E-state index contributed by atoms with van der Waals surface area (Å²) in [6.45, 7) is 3.68. The molecule has 1 unspecified atom stereocenters. The molecule has 1 saturated heterocycles. The van der Waals surface area contributed by atoms with E-state index < -0.39 is 0 Å². The molecule has 1 atom stereocenters.